The summed E-state index contributed by atoms with van der Waals surface area (Å²) in [5, 5.41) is 2.93. The van der Waals surface area contributed by atoms with Crippen molar-refractivity contribution in [3.05, 3.63) is 77.1 Å². The summed E-state index contributed by atoms with van der Waals surface area (Å²) in [6, 6.07) is 10.3. The van der Waals surface area contributed by atoms with Crippen LogP contribution in [0.15, 0.2) is 53.7 Å². The molecule has 3 aromatic rings. The molecular weight excluding hydrogens is 436 g/mol. The molecular formula is C22H23F2N5O2S. The SMILES string of the molecule is Cc1cc(S(=O)(=O)Nc2cccc(F)n2)ncc1NCc1c(F)cccc1CN1CCC1. The van der Waals surface area contributed by atoms with Gasteiger partial charge in [-0.15, -0.1) is 0 Å². The van der Waals surface area contributed by atoms with Gasteiger partial charge in [0.25, 0.3) is 10.0 Å². The van der Waals surface area contributed by atoms with Crippen LogP contribution in [0.1, 0.15) is 23.1 Å². The molecule has 1 aliphatic rings. The van der Waals surface area contributed by atoms with Gasteiger partial charge in [0.1, 0.15) is 11.6 Å². The highest BCUT2D eigenvalue weighted by atomic mass is 32.2. The number of anilines is 2. The fraction of sp³-hybridized carbons (Fsp3) is 0.273. The zero-order valence-corrected chi connectivity index (χ0v) is 18.3. The Bertz CT molecular complexity index is 1230. The van der Waals surface area contributed by atoms with Crippen molar-refractivity contribution in [1.82, 2.24) is 14.9 Å². The first-order valence-corrected chi connectivity index (χ1v) is 11.6. The molecule has 0 radical (unpaired) electrons. The minimum atomic E-state index is -4.04. The number of aromatic nitrogens is 2. The van der Waals surface area contributed by atoms with Crippen LogP contribution in [0.2, 0.25) is 0 Å². The monoisotopic (exact) mass is 459 g/mol. The van der Waals surface area contributed by atoms with E-state index in [0.29, 0.717) is 23.4 Å². The molecule has 1 aromatic carbocycles. The lowest BCUT2D eigenvalue weighted by atomic mass is 10.0. The van der Waals surface area contributed by atoms with Crippen LogP contribution in [0.25, 0.3) is 0 Å². The van der Waals surface area contributed by atoms with Gasteiger partial charge in [-0.2, -0.15) is 12.8 Å². The normalized spacial score (nSPS) is 14.1. The average Bonchev–Trinajstić information content (AvgIpc) is 2.70. The standard InChI is InChI=1S/C22H23F2N5O2S/c1-15-11-22(32(30,31)28-21-8-3-7-20(24)27-21)26-13-19(15)25-12-17-16(5-2-6-18(17)23)14-29-9-4-10-29/h2-3,5-8,11,13,25H,4,9-10,12,14H2,1H3,(H,27,28). The average molecular weight is 460 g/mol. The van der Waals surface area contributed by atoms with Crippen LogP contribution < -0.4 is 10.0 Å². The molecule has 0 spiro atoms. The summed E-state index contributed by atoms with van der Waals surface area (Å²) in [5.74, 6) is -1.22. The Labute approximate surface area is 185 Å². The highest BCUT2D eigenvalue weighted by Crippen LogP contribution is 2.23. The summed E-state index contributed by atoms with van der Waals surface area (Å²) < 4.78 is 55.1. The van der Waals surface area contributed by atoms with E-state index < -0.39 is 16.0 Å². The number of nitrogens with one attached hydrogen (secondary N) is 2. The second-order valence-electron chi connectivity index (χ2n) is 7.65. The zero-order chi connectivity index (χ0) is 22.7. The van der Waals surface area contributed by atoms with Crippen molar-refractivity contribution in [1.29, 1.82) is 0 Å². The Kier molecular flexibility index (Phi) is 6.33. The van der Waals surface area contributed by atoms with Gasteiger partial charge in [-0.3, -0.25) is 9.62 Å². The van der Waals surface area contributed by atoms with Crippen LogP contribution in [0.5, 0.6) is 0 Å². The second kappa shape index (κ2) is 9.17. The first-order chi connectivity index (χ1) is 15.3. The number of aryl methyl sites for hydroxylation is 1. The van der Waals surface area contributed by atoms with E-state index in [0.717, 1.165) is 31.1 Å². The Balaban J connectivity index is 1.48. The fourth-order valence-corrected chi connectivity index (χ4v) is 4.45. The van der Waals surface area contributed by atoms with Crippen LogP contribution >= 0.6 is 0 Å². The summed E-state index contributed by atoms with van der Waals surface area (Å²) >= 11 is 0. The molecule has 7 nitrogen and oxygen atoms in total. The molecule has 1 aliphatic heterocycles. The highest BCUT2D eigenvalue weighted by molar-refractivity contribution is 7.92. The van der Waals surface area contributed by atoms with Crippen molar-refractivity contribution in [3.8, 4) is 0 Å². The molecule has 1 fully saturated rings. The Morgan fingerprint density at radius 3 is 2.59 bits per heavy atom. The first kappa shape index (κ1) is 22.1. The lowest BCUT2D eigenvalue weighted by Crippen LogP contribution is -2.36. The van der Waals surface area contributed by atoms with Crippen LogP contribution in [0.3, 0.4) is 0 Å². The number of rotatable bonds is 8. The van der Waals surface area contributed by atoms with Gasteiger partial charge >= 0.3 is 0 Å². The van der Waals surface area contributed by atoms with E-state index in [1.54, 1.807) is 13.0 Å². The summed E-state index contributed by atoms with van der Waals surface area (Å²) in [7, 11) is -4.04. The lowest BCUT2D eigenvalue weighted by molar-refractivity contribution is 0.172. The molecule has 1 saturated heterocycles. The molecule has 0 bridgehead atoms. The van der Waals surface area contributed by atoms with Gasteiger partial charge in [-0.05, 0) is 61.8 Å². The molecule has 0 aliphatic carbocycles. The Morgan fingerprint density at radius 2 is 1.91 bits per heavy atom. The largest absolute Gasteiger partial charge is 0.379 e. The molecule has 0 saturated carbocycles. The van der Waals surface area contributed by atoms with Gasteiger partial charge in [0.05, 0.1) is 11.9 Å². The second-order valence-corrected chi connectivity index (χ2v) is 9.28. The van der Waals surface area contributed by atoms with Gasteiger partial charge in [-0.1, -0.05) is 18.2 Å². The van der Waals surface area contributed by atoms with E-state index in [-0.39, 0.29) is 23.2 Å². The third-order valence-electron chi connectivity index (χ3n) is 5.33. The van der Waals surface area contributed by atoms with Crippen molar-refractivity contribution in [2.75, 3.05) is 23.1 Å². The maximum atomic E-state index is 14.5. The highest BCUT2D eigenvalue weighted by Gasteiger charge is 2.19. The summed E-state index contributed by atoms with van der Waals surface area (Å²) in [6.45, 7) is 4.70. The quantitative estimate of drug-likeness (QED) is 0.500. The van der Waals surface area contributed by atoms with E-state index in [9.17, 15) is 17.2 Å². The summed E-state index contributed by atoms with van der Waals surface area (Å²) in [6.07, 6.45) is 2.55. The van der Waals surface area contributed by atoms with E-state index in [1.807, 2.05) is 6.07 Å². The Morgan fingerprint density at radius 1 is 1.12 bits per heavy atom. The maximum Gasteiger partial charge on any atom is 0.280 e. The fourth-order valence-electron chi connectivity index (χ4n) is 3.43. The van der Waals surface area contributed by atoms with E-state index in [1.165, 1.54) is 30.5 Å². The Hall–Kier alpha value is -3.11. The molecule has 32 heavy (non-hydrogen) atoms. The lowest BCUT2D eigenvalue weighted by Gasteiger charge is -2.31. The predicted octanol–water partition coefficient (Wildman–Crippen LogP) is 3.68. The van der Waals surface area contributed by atoms with Crippen molar-refractivity contribution in [2.45, 2.75) is 31.5 Å². The molecule has 10 heteroatoms. The smallest absolute Gasteiger partial charge is 0.280 e. The van der Waals surface area contributed by atoms with Gasteiger partial charge in [0.15, 0.2) is 5.03 Å². The van der Waals surface area contributed by atoms with Gasteiger partial charge in [0.2, 0.25) is 5.95 Å². The third-order valence-corrected chi connectivity index (χ3v) is 6.58. The molecule has 168 valence electrons. The molecule has 2 N–H and O–H groups in total. The minimum absolute atomic E-state index is 0.138. The number of halogens is 2. The third kappa shape index (κ3) is 5.03. The number of nitrogens with zero attached hydrogens (tertiary/aromatic N) is 3. The molecule has 3 heterocycles. The summed E-state index contributed by atoms with van der Waals surface area (Å²) in [4.78, 5) is 9.77. The van der Waals surface area contributed by atoms with E-state index in [2.05, 4.69) is 24.9 Å². The number of hydrogen-bond acceptors (Lipinski definition) is 6. The van der Waals surface area contributed by atoms with Crippen molar-refractivity contribution >= 4 is 21.5 Å². The van der Waals surface area contributed by atoms with Gasteiger partial charge in [0, 0.05) is 18.7 Å². The molecule has 0 amide bonds. The molecule has 4 rings (SSSR count). The van der Waals surface area contributed by atoms with E-state index >= 15 is 0 Å². The topological polar surface area (TPSA) is 87.2 Å². The zero-order valence-electron chi connectivity index (χ0n) is 17.5. The first-order valence-electron chi connectivity index (χ1n) is 10.2. The van der Waals surface area contributed by atoms with Crippen molar-refractivity contribution < 1.29 is 17.2 Å². The van der Waals surface area contributed by atoms with Gasteiger partial charge in [-0.25, -0.2) is 14.4 Å². The number of hydrogen-bond donors (Lipinski definition) is 2. The number of likely N-dealkylation sites (tertiary alicyclic amines) is 1. The van der Waals surface area contributed by atoms with Crippen LogP contribution in [0.4, 0.5) is 20.3 Å². The molecule has 2 aromatic heterocycles. The predicted molar refractivity (Wildman–Crippen MR) is 118 cm³/mol. The number of sulfonamides is 1. The van der Waals surface area contributed by atoms with E-state index in [4.69, 9.17) is 0 Å². The van der Waals surface area contributed by atoms with Crippen LogP contribution in [-0.4, -0.2) is 36.4 Å². The minimum Gasteiger partial charge on any atom is -0.379 e. The summed E-state index contributed by atoms with van der Waals surface area (Å²) in [5.41, 5.74) is 2.71. The van der Waals surface area contributed by atoms with Gasteiger partial charge < -0.3 is 5.32 Å². The molecule has 0 unspecified atom stereocenters. The van der Waals surface area contributed by atoms with Crippen LogP contribution in [-0.2, 0) is 23.1 Å². The number of pyridine rings is 2. The van der Waals surface area contributed by atoms with Crippen molar-refractivity contribution in [3.63, 3.8) is 0 Å². The maximum absolute atomic E-state index is 14.5. The van der Waals surface area contributed by atoms with Crippen LogP contribution in [0, 0.1) is 18.7 Å². The molecule has 0 atom stereocenters. The van der Waals surface area contributed by atoms with Crippen molar-refractivity contribution in [2.24, 2.45) is 0 Å². The number of benzene rings is 1.